The third-order valence-electron chi connectivity index (χ3n) is 4.19. The second kappa shape index (κ2) is 7.70. The summed E-state index contributed by atoms with van der Waals surface area (Å²) in [5.74, 6) is -1.36. The Morgan fingerprint density at radius 1 is 1.31 bits per heavy atom. The normalized spacial score (nSPS) is 12.2. The van der Waals surface area contributed by atoms with Gasteiger partial charge < -0.3 is 10.4 Å². The highest BCUT2D eigenvalue weighted by molar-refractivity contribution is 7.20. The predicted octanol–water partition coefficient (Wildman–Crippen LogP) is 3.44. The molecule has 2 N–H and O–H groups in total. The van der Waals surface area contributed by atoms with Crippen LogP contribution in [-0.4, -0.2) is 32.8 Å². The molecule has 6 nitrogen and oxygen atoms in total. The fourth-order valence-corrected chi connectivity index (χ4v) is 3.93. The first kappa shape index (κ1) is 18.1. The van der Waals surface area contributed by atoms with Crippen molar-refractivity contribution < 1.29 is 14.7 Å². The quantitative estimate of drug-likeness (QED) is 0.666. The second-order valence-electron chi connectivity index (χ2n) is 6.21. The molecule has 1 aromatic carbocycles. The smallest absolute Gasteiger partial charge is 0.326 e. The monoisotopic (exact) mass is 371 g/mol. The lowest BCUT2D eigenvalue weighted by Crippen LogP contribution is -2.40. The van der Waals surface area contributed by atoms with Gasteiger partial charge in [-0.25, -0.2) is 4.79 Å². The molecule has 0 radical (unpaired) electrons. The lowest BCUT2D eigenvalue weighted by molar-refractivity contribution is -0.139. The molecule has 3 rings (SSSR count). The number of hydrogen-bond acceptors (Lipinski definition) is 4. The van der Waals surface area contributed by atoms with E-state index in [4.69, 9.17) is 0 Å². The van der Waals surface area contributed by atoms with E-state index in [0.29, 0.717) is 24.3 Å². The summed E-state index contributed by atoms with van der Waals surface area (Å²) in [6, 6.07) is 10.9. The molecule has 0 saturated heterocycles. The van der Waals surface area contributed by atoms with Crippen LogP contribution in [0.25, 0.3) is 10.2 Å². The first-order valence-electron chi connectivity index (χ1n) is 8.54. The zero-order valence-electron chi connectivity index (χ0n) is 14.7. The summed E-state index contributed by atoms with van der Waals surface area (Å²) >= 11 is 1.34. The molecular formula is C19H21N3O3S. The van der Waals surface area contributed by atoms with E-state index < -0.39 is 12.0 Å². The van der Waals surface area contributed by atoms with Crippen LogP contribution in [0, 0.1) is 6.92 Å². The largest absolute Gasteiger partial charge is 0.480 e. The van der Waals surface area contributed by atoms with Crippen molar-refractivity contribution in [2.45, 2.75) is 39.3 Å². The molecular weight excluding hydrogens is 350 g/mol. The molecule has 0 fully saturated rings. The number of carboxylic acids is 1. The molecule has 26 heavy (non-hydrogen) atoms. The number of nitrogens with zero attached hydrogens (tertiary/aromatic N) is 2. The Balaban J connectivity index is 1.86. The van der Waals surface area contributed by atoms with Gasteiger partial charge in [0.2, 0.25) is 0 Å². The highest BCUT2D eigenvalue weighted by Gasteiger charge is 2.22. The number of hydrogen-bond donors (Lipinski definition) is 2. The minimum Gasteiger partial charge on any atom is -0.480 e. The van der Waals surface area contributed by atoms with Crippen LogP contribution in [0.3, 0.4) is 0 Å². The van der Waals surface area contributed by atoms with Gasteiger partial charge in [-0.15, -0.1) is 11.3 Å². The van der Waals surface area contributed by atoms with E-state index in [2.05, 4.69) is 10.4 Å². The molecule has 2 heterocycles. The van der Waals surface area contributed by atoms with Crippen LogP contribution in [-0.2, 0) is 11.3 Å². The predicted molar refractivity (Wildman–Crippen MR) is 102 cm³/mol. The molecule has 136 valence electrons. The number of rotatable bonds is 7. The summed E-state index contributed by atoms with van der Waals surface area (Å²) in [6.45, 7) is 4.43. The van der Waals surface area contributed by atoms with Crippen LogP contribution < -0.4 is 5.32 Å². The van der Waals surface area contributed by atoms with Gasteiger partial charge in [0.15, 0.2) is 0 Å². The van der Waals surface area contributed by atoms with Gasteiger partial charge in [0, 0.05) is 5.39 Å². The van der Waals surface area contributed by atoms with Crippen LogP contribution in [0.5, 0.6) is 0 Å². The molecule has 0 aliphatic carbocycles. The summed E-state index contributed by atoms with van der Waals surface area (Å²) in [6.07, 6.45) is 1.10. The number of carbonyl (C=O) groups is 2. The van der Waals surface area contributed by atoms with Crippen LogP contribution in [0.15, 0.2) is 36.4 Å². The van der Waals surface area contributed by atoms with Crippen molar-refractivity contribution in [1.82, 2.24) is 15.1 Å². The third-order valence-corrected chi connectivity index (χ3v) is 5.33. The Hall–Kier alpha value is -2.67. The van der Waals surface area contributed by atoms with E-state index in [1.54, 1.807) is 6.07 Å². The van der Waals surface area contributed by atoms with Gasteiger partial charge in [-0.1, -0.05) is 43.7 Å². The van der Waals surface area contributed by atoms with Crippen molar-refractivity contribution in [2.24, 2.45) is 0 Å². The Morgan fingerprint density at radius 3 is 2.69 bits per heavy atom. The van der Waals surface area contributed by atoms with Gasteiger partial charge in [0.05, 0.1) is 17.1 Å². The highest BCUT2D eigenvalue weighted by atomic mass is 32.1. The van der Waals surface area contributed by atoms with E-state index >= 15 is 0 Å². The molecule has 1 atom stereocenters. The maximum Gasteiger partial charge on any atom is 0.326 e. The van der Waals surface area contributed by atoms with Gasteiger partial charge in [-0.2, -0.15) is 5.10 Å². The number of thiophene rings is 1. The lowest BCUT2D eigenvalue weighted by atomic mass is 10.1. The number of carbonyl (C=O) groups excluding carboxylic acids is 1. The van der Waals surface area contributed by atoms with Gasteiger partial charge in [-0.05, 0) is 25.0 Å². The van der Waals surface area contributed by atoms with Crippen molar-refractivity contribution >= 4 is 33.4 Å². The Kier molecular flexibility index (Phi) is 5.37. The average molecular weight is 371 g/mol. The van der Waals surface area contributed by atoms with Gasteiger partial charge >= 0.3 is 5.97 Å². The SMILES string of the molecule is CCCC(NC(=O)c1cc2c(C)nn(Cc3ccccc3)c2s1)C(=O)O. The zero-order valence-corrected chi connectivity index (χ0v) is 15.5. The fraction of sp³-hybridized carbons (Fsp3) is 0.316. The Labute approximate surface area is 155 Å². The van der Waals surface area contributed by atoms with Crippen LogP contribution >= 0.6 is 11.3 Å². The fourth-order valence-electron chi connectivity index (χ4n) is 2.86. The molecule has 3 aromatic rings. The number of aliphatic carboxylic acids is 1. The number of aromatic nitrogens is 2. The molecule has 1 amide bonds. The summed E-state index contributed by atoms with van der Waals surface area (Å²) in [5, 5.41) is 17.3. The standard InChI is InChI=1S/C19H21N3O3S/c1-3-7-15(19(24)25)20-17(23)16-10-14-12(2)21-22(18(14)26-16)11-13-8-5-4-6-9-13/h4-6,8-10,15H,3,7,11H2,1-2H3,(H,20,23)(H,24,25). The van der Waals surface area contributed by atoms with Crippen molar-refractivity contribution in [2.75, 3.05) is 0 Å². The van der Waals surface area contributed by atoms with E-state index in [9.17, 15) is 14.7 Å². The molecule has 0 aliphatic rings. The number of benzene rings is 1. The van der Waals surface area contributed by atoms with E-state index in [1.807, 2.05) is 48.9 Å². The van der Waals surface area contributed by atoms with Crippen molar-refractivity contribution in [3.8, 4) is 0 Å². The number of amides is 1. The minimum absolute atomic E-state index is 0.349. The number of carboxylic acid groups (broad SMARTS) is 1. The zero-order chi connectivity index (χ0) is 18.7. The number of fused-ring (bicyclic) bond motifs is 1. The summed E-state index contributed by atoms with van der Waals surface area (Å²) < 4.78 is 1.89. The van der Waals surface area contributed by atoms with Gasteiger partial charge in [0.1, 0.15) is 10.9 Å². The van der Waals surface area contributed by atoms with Crippen molar-refractivity contribution in [3.63, 3.8) is 0 Å². The third kappa shape index (κ3) is 3.77. The van der Waals surface area contributed by atoms with E-state index in [0.717, 1.165) is 21.5 Å². The molecule has 0 saturated carbocycles. The van der Waals surface area contributed by atoms with Crippen molar-refractivity contribution in [3.05, 3.63) is 52.5 Å². The molecule has 2 aromatic heterocycles. The molecule has 0 bridgehead atoms. The number of nitrogens with one attached hydrogen (secondary N) is 1. The lowest BCUT2D eigenvalue weighted by Gasteiger charge is -2.12. The maximum atomic E-state index is 12.5. The van der Waals surface area contributed by atoms with Crippen LogP contribution in [0.1, 0.15) is 40.7 Å². The summed E-state index contributed by atoms with van der Waals surface area (Å²) in [4.78, 5) is 25.2. The highest BCUT2D eigenvalue weighted by Crippen LogP contribution is 2.29. The van der Waals surface area contributed by atoms with Gasteiger partial charge in [-0.3, -0.25) is 9.48 Å². The topological polar surface area (TPSA) is 84.2 Å². The first-order valence-corrected chi connectivity index (χ1v) is 9.35. The molecule has 0 aliphatic heterocycles. The average Bonchev–Trinajstić information content (AvgIpc) is 3.17. The Bertz CT molecular complexity index is 930. The number of aryl methyl sites for hydroxylation is 1. The van der Waals surface area contributed by atoms with Crippen molar-refractivity contribution in [1.29, 1.82) is 0 Å². The van der Waals surface area contributed by atoms with E-state index in [-0.39, 0.29) is 5.91 Å². The Morgan fingerprint density at radius 2 is 2.04 bits per heavy atom. The summed E-state index contributed by atoms with van der Waals surface area (Å²) in [7, 11) is 0. The summed E-state index contributed by atoms with van der Waals surface area (Å²) in [5.41, 5.74) is 1.99. The molecule has 0 spiro atoms. The van der Waals surface area contributed by atoms with Crippen LogP contribution in [0.2, 0.25) is 0 Å². The minimum atomic E-state index is -1.01. The van der Waals surface area contributed by atoms with Gasteiger partial charge in [0.25, 0.3) is 5.91 Å². The maximum absolute atomic E-state index is 12.5. The van der Waals surface area contributed by atoms with Crippen LogP contribution in [0.4, 0.5) is 0 Å². The molecule has 1 unspecified atom stereocenters. The second-order valence-corrected chi connectivity index (χ2v) is 7.24. The van der Waals surface area contributed by atoms with E-state index in [1.165, 1.54) is 11.3 Å². The molecule has 7 heteroatoms. The first-order chi connectivity index (χ1) is 12.5.